The summed E-state index contributed by atoms with van der Waals surface area (Å²) in [6, 6.07) is 3.20. The van der Waals surface area contributed by atoms with Crippen LogP contribution >= 0.6 is 23.4 Å². The monoisotopic (exact) mass is 252 g/mol. The molecule has 0 aromatic carbocycles. The van der Waals surface area contributed by atoms with Gasteiger partial charge in [-0.2, -0.15) is 0 Å². The summed E-state index contributed by atoms with van der Waals surface area (Å²) >= 11 is 6.32. The first kappa shape index (κ1) is 12.4. The van der Waals surface area contributed by atoms with Crippen molar-refractivity contribution in [1.29, 1.82) is 0 Å². The molecule has 1 heterocycles. The number of ether oxygens (including phenoxy) is 1. The van der Waals surface area contributed by atoms with Crippen LogP contribution < -0.4 is 0 Å². The molecule has 1 unspecified atom stereocenters. The van der Waals surface area contributed by atoms with Crippen molar-refractivity contribution in [1.82, 2.24) is 0 Å². The van der Waals surface area contributed by atoms with Crippen molar-refractivity contribution in [3.8, 4) is 0 Å². The van der Waals surface area contributed by atoms with E-state index < -0.39 is 11.5 Å². The van der Waals surface area contributed by atoms with Gasteiger partial charge in [0.1, 0.15) is 5.76 Å². The van der Waals surface area contributed by atoms with Crippen LogP contribution in [0.3, 0.4) is 0 Å². The summed E-state index contributed by atoms with van der Waals surface area (Å²) in [6.45, 7) is 1.80. The molecule has 1 aromatic rings. The molecule has 84 valence electrons. The summed E-state index contributed by atoms with van der Waals surface area (Å²) < 4.78 is 22.6. The maximum absolute atomic E-state index is 13.1. The fourth-order valence-corrected chi connectivity index (χ4v) is 1.69. The number of thioether (sulfide) groups is 1. The maximum atomic E-state index is 13.1. The molecule has 15 heavy (non-hydrogen) atoms. The molecule has 3 nitrogen and oxygen atoms in total. The van der Waals surface area contributed by atoms with Crippen molar-refractivity contribution in [3.63, 3.8) is 0 Å². The zero-order valence-electron chi connectivity index (χ0n) is 8.04. The van der Waals surface area contributed by atoms with E-state index in [-0.39, 0.29) is 17.6 Å². The first-order chi connectivity index (χ1) is 7.13. The molecular formula is C9H10ClFO3S. The number of esters is 1. The predicted molar refractivity (Wildman–Crippen MR) is 56.5 cm³/mol. The van der Waals surface area contributed by atoms with Gasteiger partial charge in [-0.1, -0.05) is 0 Å². The largest absolute Gasteiger partial charge is 0.463 e. The molecule has 0 fully saturated rings. The first-order valence-corrected chi connectivity index (χ1v) is 5.72. The number of carbonyl (C=O) groups is 1. The zero-order valence-corrected chi connectivity index (χ0v) is 9.61. The minimum absolute atomic E-state index is 0.173. The van der Waals surface area contributed by atoms with Crippen LogP contribution in [0.5, 0.6) is 0 Å². The molecule has 1 aromatic heterocycles. The van der Waals surface area contributed by atoms with Gasteiger partial charge in [-0.3, -0.25) is 0 Å². The standard InChI is InChI=1S/C9H10ClFO3S/c1-2-13-9(12)8(11)15-5-6-3-4-7(10)14-6/h3-4,8H,2,5H2,1H3. The van der Waals surface area contributed by atoms with Gasteiger partial charge in [-0.25, -0.2) is 9.18 Å². The minimum atomic E-state index is -1.69. The SMILES string of the molecule is CCOC(=O)C(F)SCc1ccc(Cl)o1. The molecule has 0 aliphatic heterocycles. The van der Waals surface area contributed by atoms with Crippen LogP contribution in [-0.2, 0) is 15.3 Å². The molecular weight excluding hydrogens is 243 g/mol. The van der Waals surface area contributed by atoms with Crippen LogP contribution in [0, 0.1) is 0 Å². The third kappa shape index (κ3) is 4.13. The molecule has 1 rings (SSSR count). The quantitative estimate of drug-likeness (QED) is 0.755. The molecule has 0 saturated carbocycles. The Morgan fingerprint density at radius 1 is 1.73 bits per heavy atom. The molecule has 0 spiro atoms. The molecule has 0 amide bonds. The van der Waals surface area contributed by atoms with E-state index in [0.29, 0.717) is 5.76 Å². The summed E-state index contributed by atoms with van der Waals surface area (Å²) in [5.41, 5.74) is -1.69. The zero-order chi connectivity index (χ0) is 11.3. The van der Waals surface area contributed by atoms with Crippen molar-refractivity contribution in [2.45, 2.75) is 18.2 Å². The third-order valence-electron chi connectivity index (χ3n) is 1.47. The Kier molecular flexibility index (Phi) is 4.98. The van der Waals surface area contributed by atoms with Crippen molar-refractivity contribution in [3.05, 3.63) is 23.1 Å². The number of hydrogen-bond acceptors (Lipinski definition) is 4. The number of rotatable bonds is 5. The van der Waals surface area contributed by atoms with Gasteiger partial charge in [0.25, 0.3) is 0 Å². The van der Waals surface area contributed by atoms with Crippen LogP contribution in [0.1, 0.15) is 12.7 Å². The fourth-order valence-electron chi connectivity index (χ4n) is 0.860. The van der Waals surface area contributed by atoms with Crippen molar-refractivity contribution < 1.29 is 18.3 Å². The topological polar surface area (TPSA) is 39.4 Å². The Morgan fingerprint density at radius 3 is 3.00 bits per heavy atom. The lowest BCUT2D eigenvalue weighted by Gasteiger charge is -2.05. The fraction of sp³-hybridized carbons (Fsp3) is 0.444. The van der Waals surface area contributed by atoms with Crippen LogP contribution in [0.4, 0.5) is 4.39 Å². The van der Waals surface area contributed by atoms with E-state index in [2.05, 4.69) is 4.74 Å². The van der Waals surface area contributed by atoms with Crippen molar-refractivity contribution in [2.24, 2.45) is 0 Å². The van der Waals surface area contributed by atoms with Crippen LogP contribution in [0.15, 0.2) is 16.5 Å². The second-order valence-corrected chi connectivity index (χ2v) is 3.99. The number of carbonyl (C=O) groups excluding carboxylic acids is 1. The smallest absolute Gasteiger partial charge is 0.351 e. The summed E-state index contributed by atoms with van der Waals surface area (Å²) in [4.78, 5) is 10.9. The number of alkyl halides is 1. The van der Waals surface area contributed by atoms with Gasteiger partial charge in [-0.15, -0.1) is 11.8 Å². The molecule has 0 bridgehead atoms. The Labute approximate surface area is 95.9 Å². The third-order valence-corrected chi connectivity index (χ3v) is 2.61. The van der Waals surface area contributed by atoms with E-state index in [1.165, 1.54) is 0 Å². The summed E-state index contributed by atoms with van der Waals surface area (Å²) in [6.07, 6.45) is 0. The van der Waals surface area contributed by atoms with Crippen molar-refractivity contribution >= 4 is 29.3 Å². The second kappa shape index (κ2) is 6.02. The molecule has 0 saturated heterocycles. The van der Waals surface area contributed by atoms with E-state index >= 15 is 0 Å². The van der Waals surface area contributed by atoms with Gasteiger partial charge in [0.2, 0.25) is 5.50 Å². The molecule has 0 N–H and O–H groups in total. The Hall–Kier alpha value is -0.680. The summed E-state index contributed by atoms with van der Waals surface area (Å²) in [5.74, 6) is -0.0933. The average molecular weight is 253 g/mol. The van der Waals surface area contributed by atoms with Crippen molar-refractivity contribution in [2.75, 3.05) is 6.61 Å². The van der Waals surface area contributed by atoms with Gasteiger partial charge in [0.05, 0.1) is 12.4 Å². The maximum Gasteiger partial charge on any atom is 0.351 e. The highest BCUT2D eigenvalue weighted by Gasteiger charge is 2.19. The average Bonchev–Trinajstić information content (AvgIpc) is 2.61. The highest BCUT2D eigenvalue weighted by atomic mass is 35.5. The van der Waals surface area contributed by atoms with E-state index in [0.717, 1.165) is 11.8 Å². The van der Waals surface area contributed by atoms with Crippen LogP contribution in [-0.4, -0.2) is 18.1 Å². The molecule has 6 heteroatoms. The van der Waals surface area contributed by atoms with E-state index in [1.54, 1.807) is 19.1 Å². The minimum Gasteiger partial charge on any atom is -0.463 e. The van der Waals surface area contributed by atoms with Crippen LogP contribution in [0.25, 0.3) is 0 Å². The highest BCUT2D eigenvalue weighted by Crippen LogP contribution is 2.22. The first-order valence-electron chi connectivity index (χ1n) is 4.30. The van der Waals surface area contributed by atoms with E-state index in [1.807, 2.05) is 0 Å². The number of hydrogen-bond donors (Lipinski definition) is 0. The lowest BCUT2D eigenvalue weighted by molar-refractivity contribution is -0.145. The number of halogens is 2. The highest BCUT2D eigenvalue weighted by molar-refractivity contribution is 7.99. The molecule has 1 atom stereocenters. The molecule has 0 aliphatic rings. The van der Waals surface area contributed by atoms with Gasteiger partial charge < -0.3 is 9.15 Å². The van der Waals surface area contributed by atoms with E-state index in [4.69, 9.17) is 16.0 Å². The predicted octanol–water partition coefficient (Wildman–Crippen LogP) is 3.02. The van der Waals surface area contributed by atoms with Crippen LogP contribution in [0.2, 0.25) is 5.22 Å². The van der Waals surface area contributed by atoms with Gasteiger partial charge in [-0.05, 0) is 30.7 Å². The summed E-state index contributed by atoms with van der Waals surface area (Å²) in [7, 11) is 0. The van der Waals surface area contributed by atoms with Gasteiger partial charge >= 0.3 is 5.97 Å². The Balaban J connectivity index is 2.33. The molecule has 0 radical (unpaired) electrons. The second-order valence-electron chi connectivity index (χ2n) is 2.58. The normalized spacial score (nSPS) is 12.5. The van der Waals surface area contributed by atoms with Gasteiger partial charge in [0, 0.05) is 0 Å². The lowest BCUT2D eigenvalue weighted by atomic mass is 10.5. The molecule has 0 aliphatic carbocycles. The Bertz CT molecular complexity index is 329. The van der Waals surface area contributed by atoms with E-state index in [9.17, 15) is 9.18 Å². The number of furan rings is 1. The summed E-state index contributed by atoms with van der Waals surface area (Å²) in [5, 5.41) is 0.247. The Morgan fingerprint density at radius 2 is 2.47 bits per heavy atom. The lowest BCUT2D eigenvalue weighted by Crippen LogP contribution is -2.15. The van der Waals surface area contributed by atoms with Gasteiger partial charge in [0.15, 0.2) is 5.22 Å².